The van der Waals surface area contributed by atoms with Crippen LogP contribution in [0.25, 0.3) is 0 Å². The predicted octanol–water partition coefficient (Wildman–Crippen LogP) is 2.93. The second-order valence-electron chi connectivity index (χ2n) is 4.21. The minimum atomic E-state index is -1.13. The zero-order chi connectivity index (χ0) is 9.19. The summed E-state index contributed by atoms with van der Waals surface area (Å²) in [4.78, 5) is 10.8. The Morgan fingerprint density at radius 2 is 2.25 bits per heavy atom. The number of rotatable bonds is 2. The monoisotopic (exact) mass is 182 g/mol. The maximum Gasteiger partial charge on any atom is 0.145 e. The van der Waals surface area contributed by atoms with E-state index in [-0.39, 0.29) is 0 Å². The highest BCUT2D eigenvalue weighted by atomic mass is 28.3. The van der Waals surface area contributed by atoms with Crippen molar-refractivity contribution in [2.75, 3.05) is 0 Å². The second-order valence-corrected chi connectivity index (χ2v) is 9.08. The van der Waals surface area contributed by atoms with Crippen LogP contribution in [0, 0.1) is 0 Å². The Labute approximate surface area is 75.9 Å². The van der Waals surface area contributed by atoms with Gasteiger partial charge in [-0.3, -0.25) is 4.79 Å². The molecule has 1 rings (SSSR count). The number of allylic oxidation sites excluding steroid dienone is 2. The van der Waals surface area contributed by atoms with Crippen molar-refractivity contribution in [2.24, 2.45) is 0 Å². The molecule has 1 nitrogen and oxygen atoms in total. The van der Waals surface area contributed by atoms with E-state index in [1.54, 1.807) is 5.20 Å². The van der Waals surface area contributed by atoms with E-state index in [4.69, 9.17) is 0 Å². The van der Waals surface area contributed by atoms with Crippen LogP contribution < -0.4 is 0 Å². The standard InChI is InChI=1S/C10H18OSi/c1-4-9(8-11)10-6-5-7-12(10,2)3/h8H,4-7H2,1-3H3/b10-9-. The summed E-state index contributed by atoms with van der Waals surface area (Å²) in [7, 11) is -1.13. The van der Waals surface area contributed by atoms with Crippen LogP contribution in [0.5, 0.6) is 0 Å². The van der Waals surface area contributed by atoms with E-state index in [0.29, 0.717) is 0 Å². The fourth-order valence-electron chi connectivity index (χ4n) is 2.16. The normalized spacial score (nSPS) is 25.6. The summed E-state index contributed by atoms with van der Waals surface area (Å²) >= 11 is 0. The Morgan fingerprint density at radius 3 is 2.58 bits per heavy atom. The molecule has 0 saturated carbocycles. The number of hydrogen-bond acceptors (Lipinski definition) is 1. The van der Waals surface area contributed by atoms with Crippen LogP contribution in [-0.4, -0.2) is 14.4 Å². The van der Waals surface area contributed by atoms with Gasteiger partial charge in [-0.25, -0.2) is 0 Å². The maximum absolute atomic E-state index is 10.8. The Morgan fingerprint density at radius 1 is 1.58 bits per heavy atom. The quantitative estimate of drug-likeness (QED) is 0.364. The maximum atomic E-state index is 10.8. The van der Waals surface area contributed by atoms with Crippen molar-refractivity contribution in [1.82, 2.24) is 0 Å². The van der Waals surface area contributed by atoms with Crippen LogP contribution in [0.4, 0.5) is 0 Å². The minimum Gasteiger partial charge on any atom is -0.298 e. The molecule has 0 radical (unpaired) electrons. The number of carbonyl (C=O) groups excluding carboxylic acids is 1. The van der Waals surface area contributed by atoms with Gasteiger partial charge < -0.3 is 0 Å². The first-order valence-electron chi connectivity index (χ1n) is 4.79. The summed E-state index contributed by atoms with van der Waals surface area (Å²) in [6.07, 6.45) is 4.51. The largest absolute Gasteiger partial charge is 0.298 e. The van der Waals surface area contributed by atoms with Crippen molar-refractivity contribution in [1.29, 1.82) is 0 Å². The summed E-state index contributed by atoms with van der Waals surface area (Å²) < 4.78 is 0. The Kier molecular flexibility index (Phi) is 2.88. The lowest BCUT2D eigenvalue weighted by Gasteiger charge is -2.18. The van der Waals surface area contributed by atoms with Crippen LogP contribution in [0.15, 0.2) is 10.8 Å². The van der Waals surface area contributed by atoms with E-state index in [2.05, 4.69) is 20.0 Å². The SMILES string of the molecule is CC/C(C=O)=C1\CCC[Si]1(C)C. The average Bonchev–Trinajstić information content (AvgIpc) is 2.34. The van der Waals surface area contributed by atoms with Crippen molar-refractivity contribution in [3.8, 4) is 0 Å². The lowest BCUT2D eigenvalue weighted by Crippen LogP contribution is -2.24. The van der Waals surface area contributed by atoms with Gasteiger partial charge in [-0.2, -0.15) is 0 Å². The molecule has 0 unspecified atom stereocenters. The molecule has 1 aliphatic heterocycles. The summed E-state index contributed by atoms with van der Waals surface area (Å²) in [6.45, 7) is 6.85. The third kappa shape index (κ3) is 1.68. The first-order valence-corrected chi connectivity index (χ1v) is 8.00. The average molecular weight is 182 g/mol. The Bertz CT molecular complexity index is 216. The molecular weight excluding hydrogens is 164 g/mol. The van der Waals surface area contributed by atoms with Crippen molar-refractivity contribution >= 4 is 14.4 Å². The third-order valence-electron chi connectivity index (χ3n) is 2.96. The lowest BCUT2D eigenvalue weighted by molar-refractivity contribution is -0.105. The first-order chi connectivity index (χ1) is 5.61. The van der Waals surface area contributed by atoms with Gasteiger partial charge in [0.1, 0.15) is 6.29 Å². The summed E-state index contributed by atoms with van der Waals surface area (Å²) in [5, 5.41) is 1.54. The van der Waals surface area contributed by atoms with Crippen molar-refractivity contribution < 1.29 is 4.79 Å². The van der Waals surface area contributed by atoms with Gasteiger partial charge in [0.2, 0.25) is 0 Å². The molecule has 1 heterocycles. The van der Waals surface area contributed by atoms with Gasteiger partial charge in [-0.05, 0) is 18.4 Å². The molecule has 0 aliphatic carbocycles. The summed E-state index contributed by atoms with van der Waals surface area (Å²) in [5.41, 5.74) is 1.10. The van der Waals surface area contributed by atoms with Gasteiger partial charge in [0, 0.05) is 0 Å². The lowest BCUT2D eigenvalue weighted by atomic mass is 10.2. The van der Waals surface area contributed by atoms with Crippen LogP contribution in [0.3, 0.4) is 0 Å². The van der Waals surface area contributed by atoms with Gasteiger partial charge in [0.15, 0.2) is 0 Å². The second kappa shape index (κ2) is 3.56. The first kappa shape index (κ1) is 9.71. The minimum absolute atomic E-state index is 0.926. The molecule has 0 aromatic rings. The van der Waals surface area contributed by atoms with Crippen LogP contribution in [-0.2, 0) is 4.79 Å². The van der Waals surface area contributed by atoms with Crippen LogP contribution in [0.2, 0.25) is 19.1 Å². The smallest absolute Gasteiger partial charge is 0.145 e. The van der Waals surface area contributed by atoms with Crippen molar-refractivity contribution in [3.05, 3.63) is 10.8 Å². The highest BCUT2D eigenvalue weighted by molar-refractivity contribution is 6.85. The zero-order valence-electron chi connectivity index (χ0n) is 8.31. The Balaban J connectivity index is 2.98. The van der Waals surface area contributed by atoms with E-state index in [0.717, 1.165) is 18.3 Å². The number of carbonyl (C=O) groups is 1. The fraction of sp³-hybridized carbons (Fsp3) is 0.700. The van der Waals surface area contributed by atoms with Gasteiger partial charge in [0.25, 0.3) is 0 Å². The van der Waals surface area contributed by atoms with Crippen LogP contribution >= 0.6 is 0 Å². The van der Waals surface area contributed by atoms with E-state index in [1.165, 1.54) is 18.9 Å². The molecule has 0 spiro atoms. The molecule has 0 bridgehead atoms. The molecule has 1 saturated heterocycles. The van der Waals surface area contributed by atoms with Crippen molar-refractivity contribution in [3.63, 3.8) is 0 Å². The molecule has 1 fully saturated rings. The molecule has 0 N–H and O–H groups in total. The van der Waals surface area contributed by atoms with Gasteiger partial charge in [-0.1, -0.05) is 37.7 Å². The van der Waals surface area contributed by atoms with Crippen molar-refractivity contribution in [2.45, 2.75) is 45.3 Å². The highest BCUT2D eigenvalue weighted by Crippen LogP contribution is 2.36. The zero-order valence-corrected chi connectivity index (χ0v) is 9.31. The van der Waals surface area contributed by atoms with E-state index in [9.17, 15) is 4.79 Å². The fourth-order valence-corrected chi connectivity index (χ4v) is 5.48. The molecule has 0 aromatic heterocycles. The molecule has 12 heavy (non-hydrogen) atoms. The molecule has 2 heteroatoms. The predicted molar refractivity (Wildman–Crippen MR) is 54.9 cm³/mol. The summed E-state index contributed by atoms with van der Waals surface area (Å²) in [6, 6.07) is 1.37. The van der Waals surface area contributed by atoms with Gasteiger partial charge in [0.05, 0.1) is 8.07 Å². The van der Waals surface area contributed by atoms with E-state index in [1.807, 2.05) is 0 Å². The molecule has 68 valence electrons. The van der Waals surface area contributed by atoms with Gasteiger partial charge in [-0.15, -0.1) is 0 Å². The van der Waals surface area contributed by atoms with E-state index < -0.39 is 8.07 Å². The third-order valence-corrected chi connectivity index (χ3v) is 6.76. The molecule has 0 amide bonds. The van der Waals surface area contributed by atoms with Crippen LogP contribution in [0.1, 0.15) is 26.2 Å². The highest BCUT2D eigenvalue weighted by Gasteiger charge is 2.32. The number of hydrogen-bond donors (Lipinski definition) is 0. The molecule has 0 aromatic carbocycles. The molecule has 0 atom stereocenters. The summed E-state index contributed by atoms with van der Waals surface area (Å²) in [5.74, 6) is 0. The van der Waals surface area contributed by atoms with E-state index >= 15 is 0 Å². The Hall–Kier alpha value is -0.373. The molecular formula is C10H18OSi. The molecule has 1 aliphatic rings. The van der Waals surface area contributed by atoms with Gasteiger partial charge >= 0.3 is 0 Å². The topological polar surface area (TPSA) is 17.1 Å². The number of aldehydes is 1.